The van der Waals surface area contributed by atoms with Crippen LogP contribution in [0.4, 0.5) is 5.69 Å². The lowest BCUT2D eigenvalue weighted by atomic mass is 10.1. The summed E-state index contributed by atoms with van der Waals surface area (Å²) in [6, 6.07) is 11.2. The molecule has 3 rings (SSSR count). The van der Waals surface area contributed by atoms with E-state index < -0.39 is 0 Å². The number of nitrogens with zero attached hydrogens (tertiary/aromatic N) is 1. The fraction of sp³-hybridized carbons (Fsp3) is 0.125. The van der Waals surface area contributed by atoms with Crippen molar-refractivity contribution in [2.75, 3.05) is 5.32 Å². The lowest BCUT2D eigenvalue weighted by molar-refractivity contribution is 0.102. The molecule has 0 atom stereocenters. The highest BCUT2D eigenvalue weighted by molar-refractivity contribution is 6.09. The van der Waals surface area contributed by atoms with Crippen molar-refractivity contribution < 1.29 is 9.21 Å². The third-order valence-corrected chi connectivity index (χ3v) is 3.27. The molecular formula is C16H14N2O2. The van der Waals surface area contributed by atoms with Gasteiger partial charge in [0.25, 0.3) is 5.91 Å². The van der Waals surface area contributed by atoms with E-state index in [1.54, 1.807) is 12.3 Å². The predicted octanol–water partition coefficient (Wildman–Crippen LogP) is 3.70. The van der Waals surface area contributed by atoms with Gasteiger partial charge >= 0.3 is 0 Å². The molecule has 20 heavy (non-hydrogen) atoms. The summed E-state index contributed by atoms with van der Waals surface area (Å²) in [4.78, 5) is 16.5. The number of pyridine rings is 1. The summed E-state index contributed by atoms with van der Waals surface area (Å²) in [5.74, 6) is 0.512. The Kier molecular flexibility index (Phi) is 2.99. The molecule has 0 aliphatic carbocycles. The van der Waals surface area contributed by atoms with Crippen molar-refractivity contribution in [3.8, 4) is 0 Å². The number of aromatic nitrogens is 1. The normalized spacial score (nSPS) is 10.7. The van der Waals surface area contributed by atoms with E-state index in [0.29, 0.717) is 22.7 Å². The van der Waals surface area contributed by atoms with Gasteiger partial charge in [0.2, 0.25) is 5.71 Å². The minimum atomic E-state index is -0.141. The van der Waals surface area contributed by atoms with Crippen LogP contribution in [-0.2, 0) is 0 Å². The molecule has 100 valence electrons. The number of furan rings is 1. The lowest BCUT2D eigenvalue weighted by Gasteiger charge is -2.06. The molecule has 0 spiro atoms. The number of carbonyl (C=O) groups excluding carboxylic acids is 1. The van der Waals surface area contributed by atoms with Gasteiger partial charge in [0.15, 0.2) is 0 Å². The van der Waals surface area contributed by atoms with Crippen molar-refractivity contribution in [2.45, 2.75) is 13.8 Å². The van der Waals surface area contributed by atoms with E-state index in [1.807, 2.05) is 44.2 Å². The van der Waals surface area contributed by atoms with Crippen molar-refractivity contribution in [2.24, 2.45) is 0 Å². The van der Waals surface area contributed by atoms with E-state index in [9.17, 15) is 4.79 Å². The maximum absolute atomic E-state index is 12.4. The summed E-state index contributed by atoms with van der Waals surface area (Å²) >= 11 is 0. The minimum absolute atomic E-state index is 0.141. The molecule has 1 aromatic carbocycles. The Bertz CT molecular complexity index is 790. The molecule has 4 nitrogen and oxygen atoms in total. The van der Waals surface area contributed by atoms with Crippen LogP contribution in [-0.4, -0.2) is 10.9 Å². The smallest absolute Gasteiger partial charge is 0.256 e. The van der Waals surface area contributed by atoms with Gasteiger partial charge in [-0.15, -0.1) is 0 Å². The lowest BCUT2D eigenvalue weighted by Crippen LogP contribution is -2.13. The maximum atomic E-state index is 12.4. The Labute approximate surface area is 116 Å². The first-order valence-electron chi connectivity index (χ1n) is 6.38. The molecule has 0 bridgehead atoms. The third-order valence-electron chi connectivity index (χ3n) is 3.27. The Morgan fingerprint density at radius 3 is 2.75 bits per heavy atom. The molecule has 1 amide bonds. The van der Waals surface area contributed by atoms with Gasteiger partial charge in [0.1, 0.15) is 5.76 Å². The fourth-order valence-corrected chi connectivity index (χ4v) is 2.21. The van der Waals surface area contributed by atoms with E-state index in [1.165, 1.54) is 0 Å². The topological polar surface area (TPSA) is 55.1 Å². The van der Waals surface area contributed by atoms with Crippen LogP contribution in [0.15, 0.2) is 47.0 Å². The summed E-state index contributed by atoms with van der Waals surface area (Å²) in [6.07, 6.45) is 1.66. The van der Waals surface area contributed by atoms with Crippen LogP contribution >= 0.6 is 0 Å². The second kappa shape index (κ2) is 4.81. The molecule has 0 saturated carbocycles. The largest absolute Gasteiger partial charge is 0.441 e. The summed E-state index contributed by atoms with van der Waals surface area (Å²) < 4.78 is 5.54. The van der Waals surface area contributed by atoms with Crippen molar-refractivity contribution >= 4 is 22.7 Å². The van der Waals surface area contributed by atoms with E-state index in [-0.39, 0.29) is 5.91 Å². The first-order chi connectivity index (χ1) is 9.66. The van der Waals surface area contributed by atoms with Gasteiger partial charge in [-0.1, -0.05) is 18.2 Å². The third kappa shape index (κ3) is 2.05. The zero-order chi connectivity index (χ0) is 14.1. The van der Waals surface area contributed by atoms with Crippen molar-refractivity contribution in [1.29, 1.82) is 0 Å². The fourth-order valence-electron chi connectivity index (χ4n) is 2.21. The van der Waals surface area contributed by atoms with E-state index in [4.69, 9.17) is 4.42 Å². The molecule has 0 unspecified atom stereocenters. The first-order valence-corrected chi connectivity index (χ1v) is 6.38. The molecule has 2 heterocycles. The monoisotopic (exact) mass is 266 g/mol. The SMILES string of the molecule is Cc1ccccc1C(=O)Nc1c(C)oc2ncccc12. The van der Waals surface area contributed by atoms with Crippen LogP contribution in [0, 0.1) is 13.8 Å². The Balaban J connectivity index is 2.00. The maximum Gasteiger partial charge on any atom is 0.256 e. The van der Waals surface area contributed by atoms with E-state index in [2.05, 4.69) is 10.3 Å². The highest BCUT2D eigenvalue weighted by Crippen LogP contribution is 2.29. The molecule has 4 heteroatoms. The summed E-state index contributed by atoms with van der Waals surface area (Å²) in [5.41, 5.74) is 2.81. The van der Waals surface area contributed by atoms with Gasteiger partial charge in [-0.3, -0.25) is 4.79 Å². The molecule has 1 N–H and O–H groups in total. The average Bonchev–Trinajstić information content (AvgIpc) is 2.76. The van der Waals surface area contributed by atoms with Gasteiger partial charge < -0.3 is 9.73 Å². The molecule has 0 saturated heterocycles. The molecule has 0 aliphatic heterocycles. The zero-order valence-corrected chi connectivity index (χ0v) is 11.3. The van der Waals surface area contributed by atoms with Crippen LogP contribution in [0.25, 0.3) is 11.1 Å². The van der Waals surface area contributed by atoms with Gasteiger partial charge in [0.05, 0.1) is 11.1 Å². The number of amides is 1. The van der Waals surface area contributed by atoms with Gasteiger partial charge in [0, 0.05) is 11.8 Å². The Hall–Kier alpha value is -2.62. The highest BCUT2D eigenvalue weighted by Gasteiger charge is 2.15. The standard InChI is InChI=1S/C16H14N2O2/c1-10-6-3-4-7-12(10)15(19)18-14-11(2)20-16-13(14)8-5-9-17-16/h3-9H,1-2H3,(H,18,19). The van der Waals surface area contributed by atoms with Crippen LogP contribution in [0.2, 0.25) is 0 Å². The second-order valence-corrected chi connectivity index (χ2v) is 4.66. The summed E-state index contributed by atoms with van der Waals surface area (Å²) in [5, 5.41) is 3.73. The number of fused-ring (bicyclic) bond motifs is 1. The van der Waals surface area contributed by atoms with Crippen molar-refractivity contribution in [3.05, 3.63) is 59.5 Å². The quantitative estimate of drug-likeness (QED) is 0.769. The Morgan fingerprint density at radius 1 is 1.15 bits per heavy atom. The number of anilines is 1. The average molecular weight is 266 g/mol. The number of hydrogen-bond acceptors (Lipinski definition) is 3. The molecular weight excluding hydrogens is 252 g/mol. The Morgan fingerprint density at radius 2 is 1.95 bits per heavy atom. The minimum Gasteiger partial charge on any atom is -0.441 e. The molecule has 0 aliphatic rings. The molecule has 0 radical (unpaired) electrons. The molecule has 0 fully saturated rings. The van der Waals surface area contributed by atoms with Crippen LogP contribution in [0.5, 0.6) is 0 Å². The van der Waals surface area contributed by atoms with Gasteiger partial charge in [-0.05, 0) is 37.6 Å². The number of nitrogens with one attached hydrogen (secondary N) is 1. The second-order valence-electron chi connectivity index (χ2n) is 4.66. The number of aryl methyl sites for hydroxylation is 2. The zero-order valence-electron chi connectivity index (χ0n) is 11.3. The first kappa shape index (κ1) is 12.4. The van der Waals surface area contributed by atoms with Crippen LogP contribution in [0.1, 0.15) is 21.7 Å². The number of rotatable bonds is 2. The van der Waals surface area contributed by atoms with Crippen LogP contribution in [0.3, 0.4) is 0 Å². The van der Waals surface area contributed by atoms with Crippen LogP contribution < -0.4 is 5.32 Å². The highest BCUT2D eigenvalue weighted by atomic mass is 16.3. The van der Waals surface area contributed by atoms with Gasteiger partial charge in [-0.2, -0.15) is 0 Å². The molecule has 2 aromatic heterocycles. The summed E-state index contributed by atoms with van der Waals surface area (Å²) in [6.45, 7) is 3.73. The number of hydrogen-bond donors (Lipinski definition) is 1. The number of carbonyl (C=O) groups is 1. The molecule has 3 aromatic rings. The summed E-state index contributed by atoms with van der Waals surface area (Å²) in [7, 11) is 0. The number of benzene rings is 1. The van der Waals surface area contributed by atoms with Crippen molar-refractivity contribution in [3.63, 3.8) is 0 Å². The predicted molar refractivity (Wildman–Crippen MR) is 77.9 cm³/mol. The van der Waals surface area contributed by atoms with Crippen molar-refractivity contribution in [1.82, 2.24) is 4.98 Å². The van der Waals surface area contributed by atoms with E-state index >= 15 is 0 Å². The van der Waals surface area contributed by atoms with Gasteiger partial charge in [-0.25, -0.2) is 4.98 Å². The van der Waals surface area contributed by atoms with E-state index in [0.717, 1.165) is 10.9 Å².